The minimum absolute atomic E-state index is 0.0583. The van der Waals surface area contributed by atoms with E-state index in [1.54, 1.807) is 0 Å². The lowest BCUT2D eigenvalue weighted by molar-refractivity contribution is -0.119. The summed E-state index contributed by atoms with van der Waals surface area (Å²) in [6.45, 7) is 1.93. The van der Waals surface area contributed by atoms with Gasteiger partial charge in [0.05, 0.1) is 5.75 Å². The molecule has 0 rings (SSSR count). The van der Waals surface area contributed by atoms with Crippen LogP contribution in [0.1, 0.15) is 32.6 Å². The van der Waals surface area contributed by atoms with Gasteiger partial charge in [0.1, 0.15) is 15.6 Å². The first kappa shape index (κ1) is 13.6. The van der Waals surface area contributed by atoms with E-state index >= 15 is 0 Å². The van der Waals surface area contributed by atoms with Crippen molar-refractivity contribution in [1.82, 2.24) is 0 Å². The highest BCUT2D eigenvalue weighted by atomic mass is 32.2. The summed E-state index contributed by atoms with van der Waals surface area (Å²) in [5.41, 5.74) is 5.59. The van der Waals surface area contributed by atoms with Crippen LogP contribution in [0, 0.1) is 0 Å². The number of ketones is 1. The molecule has 0 fully saturated rings. The number of sulfone groups is 1. The second-order valence-electron chi connectivity index (χ2n) is 3.64. The van der Waals surface area contributed by atoms with Crippen molar-refractivity contribution in [3.8, 4) is 0 Å². The van der Waals surface area contributed by atoms with E-state index < -0.39 is 9.84 Å². The first-order valence-corrected chi connectivity index (χ1v) is 6.86. The maximum Gasteiger partial charge on any atom is 0.147 e. The number of hydrogen-bond acceptors (Lipinski definition) is 4. The normalized spacial score (nSPS) is 13.9. The molecular weight excluding hydrogens is 202 g/mol. The largest absolute Gasteiger partial charge is 0.327 e. The maximum absolute atomic E-state index is 11.2. The van der Waals surface area contributed by atoms with Crippen molar-refractivity contribution in [3.63, 3.8) is 0 Å². The highest BCUT2D eigenvalue weighted by Crippen LogP contribution is 2.02. The Hall–Kier alpha value is -0.420. The quantitative estimate of drug-likeness (QED) is 0.679. The number of carbonyl (C=O) groups is 1. The molecule has 0 aromatic carbocycles. The highest BCUT2D eigenvalue weighted by Gasteiger charge is 2.09. The molecule has 1 unspecified atom stereocenters. The van der Waals surface area contributed by atoms with Crippen molar-refractivity contribution < 1.29 is 13.2 Å². The zero-order valence-electron chi connectivity index (χ0n) is 8.82. The SMILES string of the molecule is CCC(N)CC(=O)CCCS(C)(=O)=O. The van der Waals surface area contributed by atoms with Gasteiger partial charge in [-0.1, -0.05) is 6.92 Å². The molecule has 0 saturated carbocycles. The average Bonchev–Trinajstić information content (AvgIpc) is 2.01. The third-order valence-electron chi connectivity index (χ3n) is 1.98. The highest BCUT2D eigenvalue weighted by molar-refractivity contribution is 7.90. The van der Waals surface area contributed by atoms with Crippen LogP contribution < -0.4 is 5.73 Å². The minimum Gasteiger partial charge on any atom is -0.327 e. The maximum atomic E-state index is 11.2. The molecule has 0 aliphatic rings. The number of nitrogens with two attached hydrogens (primary N) is 1. The van der Waals surface area contributed by atoms with Crippen LogP contribution in [0.15, 0.2) is 0 Å². The number of carbonyl (C=O) groups excluding carboxylic acids is 1. The van der Waals surface area contributed by atoms with E-state index in [-0.39, 0.29) is 17.6 Å². The van der Waals surface area contributed by atoms with Crippen molar-refractivity contribution in [2.45, 2.75) is 38.6 Å². The lowest BCUT2D eigenvalue weighted by Gasteiger charge is -2.06. The van der Waals surface area contributed by atoms with Crippen LogP contribution in [0.4, 0.5) is 0 Å². The van der Waals surface area contributed by atoms with Gasteiger partial charge in [0.15, 0.2) is 0 Å². The van der Waals surface area contributed by atoms with Crippen LogP contribution in [0.3, 0.4) is 0 Å². The third kappa shape index (κ3) is 8.19. The monoisotopic (exact) mass is 221 g/mol. The van der Waals surface area contributed by atoms with Gasteiger partial charge in [0.25, 0.3) is 0 Å². The molecule has 5 heteroatoms. The minimum atomic E-state index is -2.94. The fourth-order valence-electron chi connectivity index (χ4n) is 1.07. The van der Waals surface area contributed by atoms with Crippen molar-refractivity contribution in [3.05, 3.63) is 0 Å². The molecule has 0 heterocycles. The van der Waals surface area contributed by atoms with Gasteiger partial charge in [-0.2, -0.15) is 0 Å². The Bertz CT molecular complexity index is 272. The summed E-state index contributed by atoms with van der Waals surface area (Å²) in [5, 5.41) is 0. The Kier molecular flexibility index (Phi) is 5.95. The van der Waals surface area contributed by atoms with Crippen LogP contribution in [0.25, 0.3) is 0 Å². The van der Waals surface area contributed by atoms with E-state index in [2.05, 4.69) is 0 Å². The molecule has 1 atom stereocenters. The van der Waals surface area contributed by atoms with Gasteiger partial charge >= 0.3 is 0 Å². The topological polar surface area (TPSA) is 77.2 Å². The van der Waals surface area contributed by atoms with Gasteiger partial charge in [0, 0.05) is 25.1 Å². The Morgan fingerprint density at radius 3 is 2.43 bits per heavy atom. The van der Waals surface area contributed by atoms with Gasteiger partial charge in [0.2, 0.25) is 0 Å². The van der Waals surface area contributed by atoms with Crippen LogP contribution in [0.2, 0.25) is 0 Å². The summed E-state index contributed by atoms with van der Waals surface area (Å²) in [6, 6.07) is -0.0827. The zero-order chi connectivity index (χ0) is 11.2. The van der Waals surface area contributed by atoms with E-state index in [0.29, 0.717) is 19.3 Å². The van der Waals surface area contributed by atoms with E-state index in [1.807, 2.05) is 6.92 Å². The number of hydrogen-bond donors (Lipinski definition) is 1. The summed E-state index contributed by atoms with van der Waals surface area (Å²) >= 11 is 0. The van der Waals surface area contributed by atoms with Gasteiger partial charge in [-0.3, -0.25) is 4.79 Å². The number of rotatable bonds is 7. The summed E-state index contributed by atoms with van der Waals surface area (Å²) in [6.07, 6.45) is 3.04. The predicted octanol–water partition coefficient (Wildman–Crippen LogP) is 0.508. The zero-order valence-corrected chi connectivity index (χ0v) is 9.64. The smallest absolute Gasteiger partial charge is 0.147 e. The van der Waals surface area contributed by atoms with Crippen molar-refractivity contribution >= 4 is 15.6 Å². The van der Waals surface area contributed by atoms with Gasteiger partial charge in [-0.15, -0.1) is 0 Å². The molecule has 0 radical (unpaired) electrons. The lowest BCUT2D eigenvalue weighted by atomic mass is 10.1. The molecular formula is C9H19NO3S. The van der Waals surface area contributed by atoms with Gasteiger partial charge in [-0.25, -0.2) is 8.42 Å². The molecule has 0 saturated heterocycles. The van der Waals surface area contributed by atoms with Crippen molar-refractivity contribution in [1.29, 1.82) is 0 Å². The lowest BCUT2D eigenvalue weighted by Crippen LogP contribution is -2.22. The summed E-state index contributed by atoms with van der Waals surface area (Å²) in [5.74, 6) is 0.142. The third-order valence-corrected chi connectivity index (χ3v) is 3.02. The molecule has 0 aromatic heterocycles. The molecule has 0 aromatic rings. The molecule has 14 heavy (non-hydrogen) atoms. The Labute approximate surface area is 85.8 Å². The first-order chi connectivity index (χ1) is 6.35. The van der Waals surface area contributed by atoms with Crippen molar-refractivity contribution in [2.75, 3.05) is 12.0 Å². The molecule has 0 amide bonds. The van der Waals surface area contributed by atoms with Crippen LogP contribution in [-0.4, -0.2) is 32.3 Å². The first-order valence-electron chi connectivity index (χ1n) is 4.80. The fourth-order valence-corrected chi connectivity index (χ4v) is 1.74. The predicted molar refractivity (Wildman–Crippen MR) is 56.8 cm³/mol. The number of Topliss-reactive ketones (excluding diaryl/α,β-unsaturated/α-hetero) is 1. The average molecular weight is 221 g/mol. The van der Waals surface area contributed by atoms with Crippen LogP contribution in [0.5, 0.6) is 0 Å². The second-order valence-corrected chi connectivity index (χ2v) is 5.90. The standard InChI is InChI=1S/C9H19NO3S/c1-3-8(10)7-9(11)5-4-6-14(2,12)13/h8H,3-7,10H2,1-2H3. The van der Waals surface area contributed by atoms with Crippen LogP contribution >= 0.6 is 0 Å². The molecule has 0 aliphatic heterocycles. The Balaban J connectivity index is 3.65. The molecule has 0 bridgehead atoms. The van der Waals surface area contributed by atoms with Crippen molar-refractivity contribution in [2.24, 2.45) is 5.73 Å². The molecule has 0 spiro atoms. The molecule has 84 valence electrons. The summed E-state index contributed by atoms with van der Waals surface area (Å²) < 4.78 is 21.5. The molecule has 4 nitrogen and oxygen atoms in total. The van der Waals surface area contributed by atoms with Gasteiger partial charge in [-0.05, 0) is 12.8 Å². The molecule has 0 aliphatic carbocycles. The fraction of sp³-hybridized carbons (Fsp3) is 0.889. The summed E-state index contributed by atoms with van der Waals surface area (Å²) in [4.78, 5) is 11.2. The van der Waals surface area contributed by atoms with E-state index in [0.717, 1.165) is 6.42 Å². The summed E-state index contributed by atoms with van der Waals surface area (Å²) in [7, 11) is -2.94. The van der Waals surface area contributed by atoms with E-state index in [1.165, 1.54) is 6.26 Å². The Morgan fingerprint density at radius 1 is 1.43 bits per heavy atom. The Morgan fingerprint density at radius 2 is 2.00 bits per heavy atom. The van der Waals surface area contributed by atoms with E-state index in [9.17, 15) is 13.2 Å². The van der Waals surface area contributed by atoms with Gasteiger partial charge < -0.3 is 5.73 Å². The second kappa shape index (κ2) is 6.14. The molecule has 2 N–H and O–H groups in total. The van der Waals surface area contributed by atoms with E-state index in [4.69, 9.17) is 5.73 Å². The van der Waals surface area contributed by atoms with Crippen LogP contribution in [-0.2, 0) is 14.6 Å².